The molecule has 3 aromatic heterocycles. The summed E-state index contributed by atoms with van der Waals surface area (Å²) >= 11 is 1.35. The monoisotopic (exact) mass is 1030 g/mol. The molecule has 0 saturated carbocycles. The first kappa shape index (κ1) is 49.8. The van der Waals surface area contributed by atoms with E-state index in [0.29, 0.717) is 60.7 Å². The van der Waals surface area contributed by atoms with Crippen LogP contribution in [0.3, 0.4) is 0 Å². The first-order valence-corrected chi connectivity index (χ1v) is 25.0. The van der Waals surface area contributed by atoms with Crippen LogP contribution in [-0.4, -0.2) is 92.1 Å². The van der Waals surface area contributed by atoms with E-state index >= 15 is 4.39 Å². The van der Waals surface area contributed by atoms with Crippen LogP contribution in [0.2, 0.25) is 0 Å². The number of halogens is 4. The number of anilines is 3. The minimum atomic E-state index is -4.92. The molecule has 74 heavy (non-hydrogen) atoms. The molecule has 0 radical (unpaired) electrons. The molecular formula is C53H49F4N9O7S. The third-order valence-corrected chi connectivity index (χ3v) is 14.9. The van der Waals surface area contributed by atoms with Crippen molar-refractivity contribution in [2.75, 3.05) is 48.3 Å². The summed E-state index contributed by atoms with van der Waals surface area (Å²) in [5.41, 5.74) is 0.971. The molecule has 2 saturated heterocycles. The SMILES string of the molecule is Cn1nc(C2CCC(=O)NC2=O)c2ccc(NC(=O)CN3CCC(CCCOc4cccc(-c5ccc(N6CCc7cccc(C(=O)Nc8nc9ccccc9s8)c7C6)nc5C(=O)O)c4C(F)(F)F)CC3)c(F)c21. The number of pyridine rings is 1. The molecule has 7 aromatic rings. The van der Waals surface area contributed by atoms with Gasteiger partial charge < -0.3 is 20.1 Å². The summed E-state index contributed by atoms with van der Waals surface area (Å²) in [7, 11) is 1.54. The summed E-state index contributed by atoms with van der Waals surface area (Å²) in [6.07, 6.45) is -1.47. The largest absolute Gasteiger partial charge is 0.493 e. The Kier molecular flexibility index (Phi) is 13.9. The standard InChI is InChI=1S/C53H49F4N9O7S/c1-64-48-34(46(63-64)35-16-19-42(67)61-50(35)70)14-17-38(45(48)54)58-43(68)28-65-23-20-29(21-24-65)7-6-26-73-39-12-5-9-31(44(39)53(55,56)57)32-15-18-41(60-47(32)51(71)72)66-25-22-30-8-4-10-33(36(30)27-66)49(69)62-52-59-37-11-2-3-13-40(37)74-52/h2-5,8-15,17-18,29,35H,6-7,16,19-28H2,1H3,(H,58,68)(H,71,72)(H,59,62,69)(H,61,67,70). The summed E-state index contributed by atoms with van der Waals surface area (Å²) in [5.74, 6) is -4.54. The number of aryl methyl sites for hydroxylation is 1. The number of hydrogen-bond donors (Lipinski definition) is 4. The zero-order chi connectivity index (χ0) is 51.8. The lowest BCUT2D eigenvalue weighted by molar-refractivity contribution is -0.138. The molecule has 0 aliphatic carbocycles. The molecule has 382 valence electrons. The van der Waals surface area contributed by atoms with Gasteiger partial charge in [-0.3, -0.25) is 39.4 Å². The first-order chi connectivity index (χ1) is 35.6. The molecule has 0 bridgehead atoms. The predicted molar refractivity (Wildman–Crippen MR) is 269 cm³/mol. The van der Waals surface area contributed by atoms with E-state index in [1.807, 2.05) is 35.2 Å². The van der Waals surface area contributed by atoms with Crippen LogP contribution in [0.4, 0.5) is 34.2 Å². The lowest BCUT2D eigenvalue weighted by Crippen LogP contribution is -2.39. The maximum Gasteiger partial charge on any atom is 0.420 e. The number of rotatable bonds is 14. The third kappa shape index (κ3) is 10.3. The highest BCUT2D eigenvalue weighted by Crippen LogP contribution is 2.44. The van der Waals surface area contributed by atoms with Crippen molar-refractivity contribution in [1.82, 2.24) is 30.0 Å². The van der Waals surface area contributed by atoms with Crippen LogP contribution in [0.1, 0.15) is 87.7 Å². The van der Waals surface area contributed by atoms with Gasteiger partial charge >= 0.3 is 12.1 Å². The van der Waals surface area contributed by atoms with Crippen molar-refractivity contribution in [1.29, 1.82) is 0 Å². The summed E-state index contributed by atoms with van der Waals surface area (Å²) in [6, 6.07) is 22.6. The van der Waals surface area contributed by atoms with Gasteiger partial charge in [0.2, 0.25) is 17.7 Å². The van der Waals surface area contributed by atoms with Crippen LogP contribution in [0.15, 0.2) is 84.9 Å². The number of benzene rings is 4. The maximum absolute atomic E-state index is 15.8. The Labute approximate surface area is 424 Å². The molecule has 4 amide bonds. The van der Waals surface area contributed by atoms with E-state index in [4.69, 9.17) is 4.74 Å². The third-order valence-electron chi connectivity index (χ3n) is 13.9. The topological polar surface area (TPSA) is 201 Å². The molecule has 16 nitrogen and oxygen atoms in total. The van der Waals surface area contributed by atoms with Gasteiger partial charge in [0.1, 0.15) is 22.6 Å². The number of nitrogens with zero attached hydrogens (tertiary/aromatic N) is 6. The number of ether oxygens (including phenoxy) is 1. The molecule has 4 N–H and O–H groups in total. The van der Waals surface area contributed by atoms with Gasteiger partial charge in [0.15, 0.2) is 16.6 Å². The molecule has 1 unspecified atom stereocenters. The zero-order valence-corrected chi connectivity index (χ0v) is 40.7. The maximum atomic E-state index is 15.8. The highest BCUT2D eigenvalue weighted by molar-refractivity contribution is 7.22. The molecule has 10 rings (SSSR count). The molecule has 3 aliphatic heterocycles. The minimum Gasteiger partial charge on any atom is -0.493 e. The number of carboxylic acid groups (broad SMARTS) is 1. The van der Waals surface area contributed by atoms with Crippen molar-refractivity contribution in [3.63, 3.8) is 0 Å². The molecule has 1 atom stereocenters. The second kappa shape index (κ2) is 20.6. The van der Waals surface area contributed by atoms with Crippen LogP contribution in [0.5, 0.6) is 5.75 Å². The normalized spacial score (nSPS) is 16.6. The van der Waals surface area contributed by atoms with E-state index in [1.165, 1.54) is 52.4 Å². The number of aromatic nitrogens is 4. The van der Waals surface area contributed by atoms with Crippen LogP contribution in [0, 0.1) is 11.7 Å². The van der Waals surface area contributed by atoms with E-state index in [2.05, 4.69) is 31.0 Å². The summed E-state index contributed by atoms with van der Waals surface area (Å²) in [6.45, 7) is 1.75. The molecule has 4 aromatic carbocycles. The predicted octanol–water partition coefficient (Wildman–Crippen LogP) is 8.95. The highest BCUT2D eigenvalue weighted by Gasteiger charge is 2.39. The zero-order valence-electron chi connectivity index (χ0n) is 39.9. The lowest BCUT2D eigenvalue weighted by atomic mass is 9.92. The summed E-state index contributed by atoms with van der Waals surface area (Å²) in [4.78, 5) is 76.4. The number of carboxylic acids is 1. The van der Waals surface area contributed by atoms with Gasteiger partial charge in [0, 0.05) is 48.6 Å². The van der Waals surface area contributed by atoms with Gasteiger partial charge in [0.25, 0.3) is 5.91 Å². The first-order valence-electron chi connectivity index (χ1n) is 24.2. The number of para-hydroxylation sites is 1. The Hall–Kier alpha value is -7.78. The van der Waals surface area contributed by atoms with Gasteiger partial charge in [-0.05, 0) is 117 Å². The van der Waals surface area contributed by atoms with Crippen molar-refractivity contribution >= 4 is 78.7 Å². The van der Waals surface area contributed by atoms with Crippen molar-refractivity contribution in [2.24, 2.45) is 13.0 Å². The number of carbonyl (C=O) groups excluding carboxylic acids is 4. The number of thiazole rings is 1. The number of carbonyl (C=O) groups is 5. The molecular weight excluding hydrogens is 983 g/mol. The number of hydrogen-bond acceptors (Lipinski definition) is 12. The number of alkyl halides is 3. The van der Waals surface area contributed by atoms with Crippen LogP contribution >= 0.6 is 11.3 Å². The quantitative estimate of drug-likeness (QED) is 0.0459. The fraction of sp³-hybridized carbons (Fsp3) is 0.321. The van der Waals surface area contributed by atoms with Crippen molar-refractivity contribution in [3.05, 3.63) is 124 Å². The average Bonchev–Trinajstić information content (AvgIpc) is 3.95. The average molecular weight is 1030 g/mol. The Morgan fingerprint density at radius 1 is 0.892 bits per heavy atom. The lowest BCUT2D eigenvalue weighted by Gasteiger charge is -2.31. The highest BCUT2D eigenvalue weighted by atomic mass is 32.1. The molecule has 2 fully saturated rings. The number of fused-ring (bicyclic) bond motifs is 3. The molecule has 3 aliphatic rings. The van der Waals surface area contributed by atoms with Crippen molar-refractivity contribution < 1.29 is 51.4 Å². The van der Waals surface area contributed by atoms with Gasteiger partial charge in [-0.2, -0.15) is 18.3 Å². The van der Waals surface area contributed by atoms with E-state index in [0.717, 1.165) is 34.2 Å². The van der Waals surface area contributed by atoms with Gasteiger partial charge in [0.05, 0.1) is 40.7 Å². The number of imide groups is 1. The van der Waals surface area contributed by atoms with Crippen LogP contribution in [-0.2, 0) is 40.6 Å². The fourth-order valence-electron chi connectivity index (χ4n) is 10.3. The number of aromatic carboxylic acids is 1. The number of nitrogens with one attached hydrogen (secondary N) is 3. The van der Waals surface area contributed by atoms with Crippen LogP contribution < -0.4 is 25.6 Å². The van der Waals surface area contributed by atoms with Gasteiger partial charge in [-0.15, -0.1) is 0 Å². The number of amides is 4. The second-order valence-electron chi connectivity index (χ2n) is 18.7. The summed E-state index contributed by atoms with van der Waals surface area (Å²) in [5, 5.41) is 23.5. The minimum absolute atomic E-state index is 0.0133. The molecule has 0 spiro atoms. The van der Waals surface area contributed by atoms with E-state index in [9.17, 15) is 42.3 Å². The van der Waals surface area contributed by atoms with E-state index in [1.54, 1.807) is 30.1 Å². The Bertz CT molecular complexity index is 3340. The fourth-order valence-corrected chi connectivity index (χ4v) is 11.2. The Morgan fingerprint density at radius 2 is 1.69 bits per heavy atom. The second-order valence-corrected chi connectivity index (χ2v) is 19.7. The summed E-state index contributed by atoms with van der Waals surface area (Å²) < 4.78 is 68.8. The molecule has 21 heteroatoms. The Balaban J connectivity index is 0.746. The smallest absolute Gasteiger partial charge is 0.420 e. The van der Waals surface area contributed by atoms with Crippen molar-refractivity contribution in [3.8, 4) is 16.9 Å². The Morgan fingerprint density at radius 3 is 2.46 bits per heavy atom. The van der Waals surface area contributed by atoms with Gasteiger partial charge in [-0.1, -0.05) is 47.7 Å². The number of likely N-dealkylation sites (tertiary alicyclic amines) is 1. The van der Waals surface area contributed by atoms with Gasteiger partial charge in [-0.25, -0.2) is 19.2 Å². The van der Waals surface area contributed by atoms with E-state index < -0.39 is 52.7 Å². The van der Waals surface area contributed by atoms with E-state index in [-0.39, 0.29) is 78.4 Å². The van der Waals surface area contributed by atoms with Crippen LogP contribution in [0.25, 0.3) is 32.2 Å². The number of piperidine rings is 2. The van der Waals surface area contributed by atoms with Crippen molar-refractivity contribution in [2.45, 2.75) is 63.6 Å². The molecule has 6 heterocycles.